The van der Waals surface area contributed by atoms with Crippen LogP contribution in [0.4, 0.5) is 13.2 Å². The third-order valence-electron chi connectivity index (χ3n) is 3.67. The Balaban J connectivity index is 2.02. The monoisotopic (exact) mass is 431 g/mol. The second kappa shape index (κ2) is 8.48. The molecular weight excluding hydrogens is 415 g/mol. The molecule has 0 fully saturated rings. The molecule has 0 saturated carbocycles. The van der Waals surface area contributed by atoms with Gasteiger partial charge < -0.3 is 9.64 Å². The number of aromatic nitrogens is 2. The Hall–Kier alpha value is -2.16. The van der Waals surface area contributed by atoms with Gasteiger partial charge in [0.2, 0.25) is 5.88 Å². The third-order valence-corrected chi connectivity index (χ3v) is 4.36. The first-order valence-electron chi connectivity index (χ1n) is 7.80. The van der Waals surface area contributed by atoms with Crippen molar-refractivity contribution in [3.63, 3.8) is 0 Å². The normalized spacial score (nSPS) is 12.5. The standard InChI is InChI=1S/C17H17BrF3N3O2/c1-3-24(16(25)13-9-22-7-6-14(13)18)11(2)10-26-15-5-4-12(8-23-15)17(19,20)21/h4-9,11H,3,10H2,1-2H3/t11-/m0/s1. The molecule has 0 N–H and O–H groups in total. The minimum Gasteiger partial charge on any atom is -0.475 e. The van der Waals surface area contributed by atoms with Crippen molar-refractivity contribution in [1.82, 2.24) is 14.9 Å². The Morgan fingerprint density at radius 1 is 1.31 bits per heavy atom. The van der Waals surface area contributed by atoms with E-state index >= 15 is 0 Å². The zero-order valence-electron chi connectivity index (χ0n) is 14.1. The molecule has 0 aliphatic heterocycles. The first-order valence-corrected chi connectivity index (χ1v) is 8.59. The highest BCUT2D eigenvalue weighted by Crippen LogP contribution is 2.29. The zero-order chi connectivity index (χ0) is 19.3. The molecule has 2 heterocycles. The van der Waals surface area contributed by atoms with Gasteiger partial charge in [0.15, 0.2) is 0 Å². The van der Waals surface area contributed by atoms with Gasteiger partial charge >= 0.3 is 6.18 Å². The summed E-state index contributed by atoms with van der Waals surface area (Å²) in [5.41, 5.74) is -0.418. The lowest BCUT2D eigenvalue weighted by atomic mass is 10.2. The molecule has 2 rings (SSSR count). The van der Waals surface area contributed by atoms with Gasteiger partial charge in [0, 0.05) is 35.7 Å². The topological polar surface area (TPSA) is 55.3 Å². The number of amides is 1. The maximum atomic E-state index is 12.7. The first-order chi connectivity index (χ1) is 12.2. The highest BCUT2D eigenvalue weighted by Gasteiger charge is 2.30. The van der Waals surface area contributed by atoms with Crippen LogP contribution in [0.25, 0.3) is 0 Å². The van der Waals surface area contributed by atoms with Crippen LogP contribution in [0.3, 0.4) is 0 Å². The van der Waals surface area contributed by atoms with Crippen molar-refractivity contribution in [2.45, 2.75) is 26.1 Å². The largest absolute Gasteiger partial charge is 0.475 e. The molecule has 0 unspecified atom stereocenters. The van der Waals surface area contributed by atoms with Gasteiger partial charge in [-0.2, -0.15) is 13.2 Å². The van der Waals surface area contributed by atoms with Gasteiger partial charge in [-0.25, -0.2) is 4.98 Å². The molecule has 0 aromatic carbocycles. The lowest BCUT2D eigenvalue weighted by Gasteiger charge is -2.28. The number of hydrogen-bond donors (Lipinski definition) is 0. The minimum absolute atomic E-state index is 0.0657. The van der Waals surface area contributed by atoms with Crippen molar-refractivity contribution in [2.75, 3.05) is 13.2 Å². The molecule has 1 amide bonds. The number of halogens is 4. The van der Waals surface area contributed by atoms with E-state index in [4.69, 9.17) is 4.74 Å². The molecule has 0 aliphatic rings. The number of nitrogens with zero attached hydrogens (tertiary/aromatic N) is 3. The summed E-state index contributed by atoms with van der Waals surface area (Å²) in [6, 6.07) is 3.42. The number of hydrogen-bond acceptors (Lipinski definition) is 4. The lowest BCUT2D eigenvalue weighted by Crippen LogP contribution is -2.42. The van der Waals surface area contributed by atoms with Gasteiger partial charge in [-0.3, -0.25) is 9.78 Å². The molecule has 2 aromatic heterocycles. The highest BCUT2D eigenvalue weighted by atomic mass is 79.9. The number of carbonyl (C=O) groups excluding carboxylic acids is 1. The molecule has 0 aliphatic carbocycles. The van der Waals surface area contributed by atoms with Crippen molar-refractivity contribution < 1.29 is 22.7 Å². The second-order valence-electron chi connectivity index (χ2n) is 5.49. The quantitative estimate of drug-likeness (QED) is 0.687. The first kappa shape index (κ1) is 20.2. The van der Waals surface area contributed by atoms with Crippen molar-refractivity contribution in [2.24, 2.45) is 0 Å². The minimum atomic E-state index is -4.44. The van der Waals surface area contributed by atoms with E-state index in [-0.39, 0.29) is 24.4 Å². The predicted octanol–water partition coefficient (Wildman–Crippen LogP) is 4.19. The number of likely N-dealkylation sites (N-methyl/N-ethyl adjacent to an activating group) is 1. The molecule has 140 valence electrons. The van der Waals surface area contributed by atoms with Crippen molar-refractivity contribution >= 4 is 21.8 Å². The van der Waals surface area contributed by atoms with E-state index in [0.29, 0.717) is 16.6 Å². The number of rotatable bonds is 6. The Kier molecular flexibility index (Phi) is 6.57. The van der Waals surface area contributed by atoms with Crippen LogP contribution in [0.15, 0.2) is 41.3 Å². The summed E-state index contributed by atoms with van der Waals surface area (Å²) >= 11 is 3.32. The summed E-state index contributed by atoms with van der Waals surface area (Å²) in [6.45, 7) is 4.14. The summed E-state index contributed by atoms with van der Waals surface area (Å²) in [5.74, 6) is -0.153. The van der Waals surface area contributed by atoms with Crippen LogP contribution in [0.5, 0.6) is 5.88 Å². The van der Waals surface area contributed by atoms with Crippen LogP contribution in [-0.4, -0.2) is 40.0 Å². The molecule has 0 spiro atoms. The van der Waals surface area contributed by atoms with Gasteiger partial charge in [0.05, 0.1) is 17.2 Å². The number of ether oxygens (including phenoxy) is 1. The number of carbonyl (C=O) groups is 1. The average Bonchev–Trinajstić information content (AvgIpc) is 2.60. The highest BCUT2D eigenvalue weighted by molar-refractivity contribution is 9.10. The lowest BCUT2D eigenvalue weighted by molar-refractivity contribution is -0.137. The van der Waals surface area contributed by atoms with E-state index < -0.39 is 11.7 Å². The van der Waals surface area contributed by atoms with Gasteiger partial charge in [0.25, 0.3) is 5.91 Å². The van der Waals surface area contributed by atoms with Crippen LogP contribution < -0.4 is 4.74 Å². The van der Waals surface area contributed by atoms with Crippen LogP contribution in [-0.2, 0) is 6.18 Å². The zero-order valence-corrected chi connectivity index (χ0v) is 15.7. The van der Waals surface area contributed by atoms with E-state index in [1.54, 1.807) is 24.1 Å². The Morgan fingerprint density at radius 2 is 2.04 bits per heavy atom. The third kappa shape index (κ3) is 4.94. The van der Waals surface area contributed by atoms with E-state index in [2.05, 4.69) is 25.9 Å². The van der Waals surface area contributed by atoms with Crippen LogP contribution in [0, 0.1) is 0 Å². The Bertz CT molecular complexity index is 754. The van der Waals surface area contributed by atoms with E-state index in [1.165, 1.54) is 6.20 Å². The van der Waals surface area contributed by atoms with Gasteiger partial charge in [0.1, 0.15) is 6.61 Å². The van der Waals surface area contributed by atoms with E-state index in [0.717, 1.165) is 18.3 Å². The fraction of sp³-hybridized carbons (Fsp3) is 0.353. The summed E-state index contributed by atoms with van der Waals surface area (Å²) < 4.78 is 43.7. The molecule has 0 radical (unpaired) electrons. The maximum absolute atomic E-state index is 12.7. The molecule has 5 nitrogen and oxygen atoms in total. The maximum Gasteiger partial charge on any atom is 0.417 e. The van der Waals surface area contributed by atoms with Crippen molar-refractivity contribution in [1.29, 1.82) is 0 Å². The molecule has 0 saturated heterocycles. The molecule has 26 heavy (non-hydrogen) atoms. The van der Waals surface area contributed by atoms with E-state index in [1.807, 2.05) is 6.92 Å². The number of alkyl halides is 3. The smallest absolute Gasteiger partial charge is 0.417 e. The summed E-state index contributed by atoms with van der Waals surface area (Å²) in [4.78, 5) is 21.9. The predicted molar refractivity (Wildman–Crippen MR) is 92.8 cm³/mol. The van der Waals surface area contributed by atoms with Crippen LogP contribution in [0.2, 0.25) is 0 Å². The fourth-order valence-corrected chi connectivity index (χ4v) is 2.66. The average molecular weight is 432 g/mol. The van der Waals surface area contributed by atoms with Crippen LogP contribution in [0.1, 0.15) is 29.8 Å². The molecule has 0 bridgehead atoms. The molecule has 2 aromatic rings. The van der Waals surface area contributed by atoms with Gasteiger partial charge in [-0.05, 0) is 41.9 Å². The molecule has 9 heteroatoms. The Morgan fingerprint density at radius 3 is 2.58 bits per heavy atom. The Labute approximate surface area is 157 Å². The summed E-state index contributed by atoms with van der Waals surface area (Å²) in [6.07, 6.45) is -0.684. The van der Waals surface area contributed by atoms with Gasteiger partial charge in [-0.15, -0.1) is 0 Å². The SMILES string of the molecule is CCN(C(=O)c1cnccc1Br)[C@@H](C)COc1ccc(C(F)(F)F)cn1. The molecule has 1 atom stereocenters. The second-order valence-corrected chi connectivity index (χ2v) is 6.34. The van der Waals surface area contributed by atoms with Crippen molar-refractivity contribution in [3.05, 3.63) is 52.4 Å². The van der Waals surface area contributed by atoms with Gasteiger partial charge in [-0.1, -0.05) is 0 Å². The fourth-order valence-electron chi connectivity index (χ4n) is 2.27. The summed E-state index contributed by atoms with van der Waals surface area (Å²) in [5, 5.41) is 0. The summed E-state index contributed by atoms with van der Waals surface area (Å²) in [7, 11) is 0. The van der Waals surface area contributed by atoms with Crippen LogP contribution >= 0.6 is 15.9 Å². The van der Waals surface area contributed by atoms with Crippen molar-refractivity contribution in [3.8, 4) is 5.88 Å². The van der Waals surface area contributed by atoms with E-state index in [9.17, 15) is 18.0 Å². The molecular formula is C17H17BrF3N3O2. The number of pyridine rings is 2.